The number of Topliss-reactive ketones (excluding diaryl/α,β-unsaturated/α-hetero) is 1. The van der Waals surface area contributed by atoms with Gasteiger partial charge in [0.25, 0.3) is 0 Å². The molecule has 1 aromatic carbocycles. The van der Waals surface area contributed by atoms with Crippen LogP contribution in [0, 0.1) is 13.8 Å². The van der Waals surface area contributed by atoms with Crippen LogP contribution in [0.1, 0.15) is 48.6 Å². The number of fused-ring (bicyclic) bond motifs is 2. The van der Waals surface area contributed by atoms with Gasteiger partial charge in [0, 0.05) is 46.8 Å². The van der Waals surface area contributed by atoms with Crippen LogP contribution in [0.3, 0.4) is 0 Å². The van der Waals surface area contributed by atoms with Crippen molar-refractivity contribution in [3.05, 3.63) is 97.0 Å². The Bertz CT molecular complexity index is 1550. The second-order valence-corrected chi connectivity index (χ2v) is 9.09. The molecular weight excluding hydrogens is 454 g/mol. The summed E-state index contributed by atoms with van der Waals surface area (Å²) in [6, 6.07) is 10.6. The Labute approximate surface area is 198 Å². The number of methoxy groups -OCH3 is 1. The summed E-state index contributed by atoms with van der Waals surface area (Å²) in [6.07, 6.45) is 0.555. The monoisotopic (exact) mass is 475 g/mol. The van der Waals surface area contributed by atoms with Gasteiger partial charge in [0.1, 0.15) is 17.0 Å². The second-order valence-electron chi connectivity index (χ2n) is 8.11. The van der Waals surface area contributed by atoms with Crippen LogP contribution in [0.25, 0.3) is 11.0 Å². The summed E-state index contributed by atoms with van der Waals surface area (Å²) < 4.78 is 18.8. The number of ether oxygens (including phenoxy) is 2. The maximum atomic E-state index is 13.3. The summed E-state index contributed by atoms with van der Waals surface area (Å²) in [7, 11) is 3.13. The molecule has 1 atom stereocenters. The number of carbonyl (C=O) groups is 2. The smallest absolute Gasteiger partial charge is 0.336 e. The lowest BCUT2D eigenvalue weighted by atomic mass is 9.93. The number of nitrogens with zero attached hydrogens (tertiary/aromatic N) is 1. The highest BCUT2D eigenvalue weighted by molar-refractivity contribution is 7.10. The molecule has 0 N–H and O–H groups in total. The number of benzene rings is 1. The molecule has 1 aliphatic carbocycles. The van der Waals surface area contributed by atoms with E-state index in [0.717, 1.165) is 21.5 Å². The summed E-state index contributed by atoms with van der Waals surface area (Å²) >= 11 is 1.48. The molecule has 8 heteroatoms. The third-order valence-electron chi connectivity index (χ3n) is 6.14. The van der Waals surface area contributed by atoms with Crippen LogP contribution in [0.4, 0.5) is 0 Å². The van der Waals surface area contributed by atoms with Crippen LogP contribution in [-0.2, 0) is 11.8 Å². The first-order chi connectivity index (χ1) is 16.3. The molecule has 3 aromatic heterocycles. The fourth-order valence-corrected chi connectivity index (χ4v) is 5.17. The van der Waals surface area contributed by atoms with Gasteiger partial charge in [-0.1, -0.05) is 6.07 Å². The van der Waals surface area contributed by atoms with Gasteiger partial charge < -0.3 is 18.5 Å². The number of thiophene rings is 1. The van der Waals surface area contributed by atoms with Gasteiger partial charge in [-0.3, -0.25) is 9.59 Å². The zero-order chi connectivity index (χ0) is 24.1. The first kappa shape index (κ1) is 21.9. The van der Waals surface area contributed by atoms with E-state index >= 15 is 0 Å². The molecule has 34 heavy (non-hydrogen) atoms. The summed E-state index contributed by atoms with van der Waals surface area (Å²) in [4.78, 5) is 38.9. The maximum absolute atomic E-state index is 13.3. The summed E-state index contributed by atoms with van der Waals surface area (Å²) in [5.41, 5.74) is 2.71. The van der Waals surface area contributed by atoms with Crippen LogP contribution >= 0.6 is 11.3 Å². The van der Waals surface area contributed by atoms with Crippen LogP contribution in [0.15, 0.2) is 62.8 Å². The fraction of sp³-hybridized carbons (Fsp3) is 0.192. The molecule has 0 saturated carbocycles. The largest absolute Gasteiger partial charge is 0.492 e. The van der Waals surface area contributed by atoms with Gasteiger partial charge in [-0.05, 0) is 43.0 Å². The zero-order valence-electron chi connectivity index (χ0n) is 19.0. The highest BCUT2D eigenvalue weighted by Crippen LogP contribution is 2.40. The Morgan fingerprint density at radius 2 is 1.88 bits per heavy atom. The first-order valence-corrected chi connectivity index (χ1v) is 11.5. The molecule has 0 spiro atoms. The molecule has 0 fully saturated rings. The number of carbonyl (C=O) groups excluding carboxylic acids is 2. The molecule has 4 aromatic rings. The third-order valence-corrected chi connectivity index (χ3v) is 7.06. The van der Waals surface area contributed by atoms with E-state index in [4.69, 9.17) is 13.9 Å². The molecule has 0 aliphatic heterocycles. The molecule has 172 valence electrons. The van der Waals surface area contributed by atoms with E-state index in [0.29, 0.717) is 22.6 Å². The minimum atomic E-state index is -0.670. The average molecular weight is 476 g/mol. The minimum Gasteiger partial charge on any atom is -0.492 e. The third kappa shape index (κ3) is 3.38. The summed E-state index contributed by atoms with van der Waals surface area (Å²) in [6.45, 7) is 3.70. The Balaban J connectivity index is 1.69. The van der Waals surface area contributed by atoms with E-state index in [1.54, 1.807) is 23.7 Å². The predicted molar refractivity (Wildman–Crippen MR) is 128 cm³/mol. The molecule has 0 bridgehead atoms. The lowest BCUT2D eigenvalue weighted by molar-refractivity contribution is 0.0911. The van der Waals surface area contributed by atoms with Crippen LogP contribution < -0.4 is 10.4 Å². The number of aromatic nitrogens is 1. The topological polar surface area (TPSA) is 87.7 Å². The number of aryl methyl sites for hydroxylation is 1. The maximum Gasteiger partial charge on any atom is 0.336 e. The van der Waals surface area contributed by atoms with Gasteiger partial charge in [0.15, 0.2) is 11.9 Å². The van der Waals surface area contributed by atoms with E-state index in [9.17, 15) is 14.4 Å². The van der Waals surface area contributed by atoms with E-state index in [-0.39, 0.29) is 22.9 Å². The van der Waals surface area contributed by atoms with Gasteiger partial charge in [-0.25, -0.2) is 4.79 Å². The van der Waals surface area contributed by atoms with E-state index < -0.39 is 11.7 Å². The molecule has 0 saturated heterocycles. The predicted octanol–water partition coefficient (Wildman–Crippen LogP) is 4.89. The van der Waals surface area contributed by atoms with Crippen molar-refractivity contribution in [1.29, 1.82) is 0 Å². The van der Waals surface area contributed by atoms with Crippen molar-refractivity contribution in [3.8, 4) is 5.75 Å². The van der Waals surface area contributed by atoms with Gasteiger partial charge in [0.2, 0.25) is 11.6 Å². The van der Waals surface area contributed by atoms with Gasteiger partial charge >= 0.3 is 5.63 Å². The fourth-order valence-electron chi connectivity index (χ4n) is 4.41. The van der Waals surface area contributed by atoms with Crippen molar-refractivity contribution >= 4 is 33.9 Å². The Kier molecular flexibility index (Phi) is 5.25. The first-order valence-electron chi connectivity index (χ1n) is 10.6. The summed E-state index contributed by atoms with van der Waals surface area (Å²) in [5.74, 6) is -0.191. The quantitative estimate of drug-likeness (QED) is 0.382. The molecule has 0 amide bonds. The second kappa shape index (κ2) is 8.14. The van der Waals surface area contributed by atoms with Gasteiger partial charge in [-0.2, -0.15) is 0 Å². The number of hydrogen-bond acceptors (Lipinski definition) is 7. The SMILES string of the molecule is COC1=CC(=O)c2c(c(C(Oc3ccc4c(C)cc(=O)oc4c3)c3cccs3)c(C)n2C)C1=O. The van der Waals surface area contributed by atoms with Crippen molar-refractivity contribution < 1.29 is 23.5 Å². The Morgan fingerprint density at radius 1 is 1.09 bits per heavy atom. The standard InChI is InChI=1S/C26H21NO6S/c1-13-10-21(29)33-18-11-15(7-8-16(13)18)32-26(20-6-5-9-34-20)22-14(2)27(3)24-17(28)12-19(31-4)25(30)23(22)24/h5-12,26H,1-4H3. The van der Waals surface area contributed by atoms with Crippen molar-refractivity contribution in [2.24, 2.45) is 7.05 Å². The summed E-state index contributed by atoms with van der Waals surface area (Å²) in [5, 5.41) is 2.73. The van der Waals surface area contributed by atoms with Gasteiger partial charge in [0.05, 0.1) is 12.7 Å². The highest BCUT2D eigenvalue weighted by Gasteiger charge is 2.38. The average Bonchev–Trinajstić information content (AvgIpc) is 3.42. The highest BCUT2D eigenvalue weighted by atomic mass is 32.1. The molecule has 3 heterocycles. The zero-order valence-corrected chi connectivity index (χ0v) is 19.8. The Morgan fingerprint density at radius 3 is 2.59 bits per heavy atom. The van der Waals surface area contributed by atoms with Crippen LogP contribution in [-0.4, -0.2) is 23.2 Å². The molecular formula is C26H21NO6S. The number of ketones is 2. The minimum absolute atomic E-state index is 0.00256. The molecule has 1 aliphatic rings. The molecule has 7 nitrogen and oxygen atoms in total. The van der Waals surface area contributed by atoms with Crippen molar-refractivity contribution in [2.45, 2.75) is 20.0 Å². The van der Waals surface area contributed by atoms with Crippen molar-refractivity contribution in [2.75, 3.05) is 7.11 Å². The van der Waals surface area contributed by atoms with Gasteiger partial charge in [-0.15, -0.1) is 11.3 Å². The normalized spacial score (nSPS) is 14.2. The van der Waals surface area contributed by atoms with Crippen molar-refractivity contribution in [3.63, 3.8) is 0 Å². The molecule has 1 unspecified atom stereocenters. The number of rotatable bonds is 5. The van der Waals surface area contributed by atoms with Crippen molar-refractivity contribution in [1.82, 2.24) is 4.57 Å². The van der Waals surface area contributed by atoms with E-state index in [2.05, 4.69) is 0 Å². The van der Waals surface area contributed by atoms with Crippen LogP contribution in [0.2, 0.25) is 0 Å². The Hall–Kier alpha value is -3.91. The lowest BCUT2D eigenvalue weighted by Crippen LogP contribution is -2.21. The van der Waals surface area contributed by atoms with E-state index in [1.807, 2.05) is 37.4 Å². The number of hydrogen-bond donors (Lipinski definition) is 0. The molecule has 5 rings (SSSR count). The van der Waals surface area contributed by atoms with Crippen LogP contribution in [0.5, 0.6) is 5.75 Å². The molecule has 0 radical (unpaired) electrons. The number of allylic oxidation sites excluding steroid dienone is 2. The van der Waals surface area contributed by atoms with E-state index in [1.165, 1.54) is 30.6 Å². The lowest BCUT2D eigenvalue weighted by Gasteiger charge is -2.21.